The molecule has 0 aromatic heterocycles. The maximum absolute atomic E-state index is 13.3. The average Bonchev–Trinajstić information content (AvgIpc) is 3.71. The molecule has 1 heterocycles. The Morgan fingerprint density at radius 1 is 1.26 bits per heavy atom. The van der Waals surface area contributed by atoms with Gasteiger partial charge in [0.1, 0.15) is 5.75 Å². The zero-order valence-electron chi connectivity index (χ0n) is 24.7. The van der Waals surface area contributed by atoms with Gasteiger partial charge in [0.15, 0.2) is 0 Å². The minimum atomic E-state index is -3.78. The van der Waals surface area contributed by atoms with Gasteiger partial charge in [-0.05, 0) is 111 Å². The predicted octanol–water partition coefficient (Wildman–Crippen LogP) is 5.66. The highest BCUT2D eigenvalue weighted by atomic mass is 35.5. The lowest BCUT2D eigenvalue weighted by Gasteiger charge is -2.45. The standard InChI is InChI=1S/C34H41ClN2O5S/c1-3-6-22-15-26(22)19-43(40,41)36-33(39)24-9-13-32-30(17-24)37(18-25-8-11-28(25)31(38)4-2)20-34(21-42-32)14-5-7-23-16-27(35)10-12-29(23)34/h3-4,6,9-10,12-13,16-17,22,25-26,28,31,38H,2,5,7-8,11,14-15,18-21H2,1H3,(H,36,39)/b6-3+/t22-,25+,26-,28-,31+,34+/m1/s1. The number of carbonyl (C=O) groups is 1. The van der Waals surface area contributed by atoms with Crippen LogP contribution >= 0.6 is 11.6 Å². The van der Waals surface area contributed by atoms with Crippen LogP contribution < -0.4 is 14.4 Å². The summed E-state index contributed by atoms with van der Waals surface area (Å²) in [5.74, 6) is 0.668. The number of hydrogen-bond donors (Lipinski definition) is 2. The van der Waals surface area contributed by atoms with Gasteiger partial charge < -0.3 is 14.7 Å². The molecule has 0 radical (unpaired) electrons. The number of ether oxygens (including phenoxy) is 1. The number of halogens is 1. The monoisotopic (exact) mass is 624 g/mol. The van der Waals surface area contributed by atoms with Crippen LogP contribution in [-0.4, -0.2) is 51.0 Å². The molecule has 230 valence electrons. The zero-order chi connectivity index (χ0) is 30.4. The summed E-state index contributed by atoms with van der Waals surface area (Å²) in [7, 11) is -3.78. The number of aryl methyl sites for hydroxylation is 1. The molecule has 6 rings (SSSR count). The molecule has 2 N–H and O–H groups in total. The van der Waals surface area contributed by atoms with Gasteiger partial charge in [-0.3, -0.25) is 4.79 Å². The van der Waals surface area contributed by atoms with Crippen molar-refractivity contribution >= 4 is 33.2 Å². The second kappa shape index (κ2) is 11.9. The molecule has 1 aliphatic heterocycles. The first kappa shape index (κ1) is 30.2. The molecular weight excluding hydrogens is 584 g/mol. The number of allylic oxidation sites excluding steroid dienone is 2. The van der Waals surface area contributed by atoms with Crippen LogP contribution in [0.3, 0.4) is 0 Å². The number of nitrogens with zero attached hydrogens (tertiary/aromatic N) is 1. The Labute approximate surface area is 260 Å². The average molecular weight is 625 g/mol. The van der Waals surface area contributed by atoms with Crippen molar-refractivity contribution in [1.29, 1.82) is 0 Å². The van der Waals surface area contributed by atoms with Crippen LogP contribution in [0.25, 0.3) is 0 Å². The maximum Gasteiger partial charge on any atom is 0.264 e. The van der Waals surface area contributed by atoms with E-state index in [0.717, 1.165) is 49.2 Å². The second-order valence-corrected chi connectivity index (χ2v) is 15.1. The molecule has 0 saturated heterocycles. The fourth-order valence-corrected chi connectivity index (χ4v) is 9.08. The molecule has 6 atom stereocenters. The molecule has 3 aliphatic carbocycles. The van der Waals surface area contributed by atoms with Crippen LogP contribution in [0, 0.1) is 23.7 Å². The Bertz CT molecular complexity index is 1540. The van der Waals surface area contributed by atoms with Gasteiger partial charge in [0.25, 0.3) is 5.91 Å². The molecule has 0 unspecified atom stereocenters. The SMILES string of the molecule is C=C[C@H](O)[C@@H]1CC[C@H]1CN1C[C@@]2(CCCc3cc(Cl)ccc32)COc2ccc(C(=O)NS(=O)(=O)C[C@H]3C[C@H]3/C=C/C)cc21. The topological polar surface area (TPSA) is 95.9 Å². The second-order valence-electron chi connectivity index (χ2n) is 12.9. The van der Waals surface area contributed by atoms with E-state index >= 15 is 0 Å². The molecule has 1 amide bonds. The minimum Gasteiger partial charge on any atom is -0.490 e. The Morgan fingerprint density at radius 2 is 2.09 bits per heavy atom. The smallest absolute Gasteiger partial charge is 0.264 e. The van der Waals surface area contributed by atoms with E-state index in [-0.39, 0.29) is 40.4 Å². The Balaban J connectivity index is 1.30. The maximum atomic E-state index is 13.3. The lowest BCUT2D eigenvalue weighted by Crippen LogP contribution is -2.49. The molecule has 2 fully saturated rings. The van der Waals surface area contributed by atoms with Crippen molar-refractivity contribution in [3.05, 3.63) is 82.9 Å². The van der Waals surface area contributed by atoms with Crippen LogP contribution in [0.5, 0.6) is 5.75 Å². The van der Waals surface area contributed by atoms with Crippen LogP contribution in [0.1, 0.15) is 60.5 Å². The molecule has 9 heteroatoms. The Kier molecular flexibility index (Phi) is 8.39. The van der Waals surface area contributed by atoms with E-state index in [1.165, 1.54) is 11.1 Å². The summed E-state index contributed by atoms with van der Waals surface area (Å²) in [4.78, 5) is 15.6. The fraction of sp³-hybridized carbons (Fsp3) is 0.500. The van der Waals surface area contributed by atoms with Gasteiger partial charge in [0.2, 0.25) is 10.0 Å². The van der Waals surface area contributed by atoms with Crippen molar-refractivity contribution < 1.29 is 23.1 Å². The van der Waals surface area contributed by atoms with Crippen molar-refractivity contribution in [2.24, 2.45) is 23.7 Å². The van der Waals surface area contributed by atoms with Crippen LogP contribution in [-0.2, 0) is 21.9 Å². The number of amides is 1. The number of hydrogen-bond acceptors (Lipinski definition) is 6. The number of aliphatic hydroxyl groups is 1. The molecular formula is C34H41ClN2O5S. The van der Waals surface area contributed by atoms with Gasteiger partial charge in [0.05, 0.1) is 24.2 Å². The lowest BCUT2D eigenvalue weighted by molar-refractivity contribution is 0.0460. The first-order valence-electron chi connectivity index (χ1n) is 15.4. The summed E-state index contributed by atoms with van der Waals surface area (Å²) in [5, 5.41) is 11.3. The summed E-state index contributed by atoms with van der Waals surface area (Å²) in [6, 6.07) is 11.3. The van der Waals surface area contributed by atoms with Crippen molar-refractivity contribution in [3.63, 3.8) is 0 Å². The van der Waals surface area contributed by atoms with Crippen molar-refractivity contribution in [1.82, 2.24) is 4.72 Å². The molecule has 2 aromatic carbocycles. The molecule has 2 saturated carbocycles. The highest BCUT2D eigenvalue weighted by Crippen LogP contribution is 2.47. The molecule has 2 aromatic rings. The van der Waals surface area contributed by atoms with E-state index in [4.69, 9.17) is 16.3 Å². The third-order valence-electron chi connectivity index (χ3n) is 10.0. The summed E-state index contributed by atoms with van der Waals surface area (Å²) >= 11 is 6.38. The van der Waals surface area contributed by atoms with Gasteiger partial charge in [-0.1, -0.05) is 35.9 Å². The highest BCUT2D eigenvalue weighted by Gasteiger charge is 2.44. The number of nitrogens with one attached hydrogen (secondary N) is 1. The molecule has 1 spiro atoms. The fourth-order valence-electron chi connectivity index (χ4n) is 7.45. The van der Waals surface area contributed by atoms with Gasteiger partial charge in [-0.15, -0.1) is 6.58 Å². The summed E-state index contributed by atoms with van der Waals surface area (Å²) < 4.78 is 34.5. The Hall–Kier alpha value is -2.81. The first-order valence-corrected chi connectivity index (χ1v) is 17.4. The van der Waals surface area contributed by atoms with E-state index in [0.29, 0.717) is 25.4 Å². The number of fused-ring (bicyclic) bond motifs is 3. The number of sulfonamides is 1. The first-order chi connectivity index (χ1) is 20.6. The molecule has 0 bridgehead atoms. The van der Waals surface area contributed by atoms with Crippen molar-refractivity contribution in [3.8, 4) is 5.75 Å². The molecule has 4 aliphatic rings. The number of anilines is 1. The summed E-state index contributed by atoms with van der Waals surface area (Å²) in [6.07, 6.45) is 10.7. The van der Waals surface area contributed by atoms with Gasteiger partial charge in [-0.25, -0.2) is 13.1 Å². The quantitative estimate of drug-likeness (QED) is 0.350. The highest BCUT2D eigenvalue weighted by molar-refractivity contribution is 7.90. The number of carbonyl (C=O) groups excluding carboxylic acids is 1. The van der Waals surface area contributed by atoms with Crippen LogP contribution in [0.15, 0.2) is 61.2 Å². The zero-order valence-corrected chi connectivity index (χ0v) is 26.2. The van der Waals surface area contributed by atoms with Gasteiger partial charge >= 0.3 is 0 Å². The normalized spacial score (nSPS) is 28.7. The van der Waals surface area contributed by atoms with Crippen molar-refractivity contribution in [2.75, 3.05) is 30.3 Å². The molecule has 7 nitrogen and oxygen atoms in total. The largest absolute Gasteiger partial charge is 0.490 e. The van der Waals surface area contributed by atoms with Gasteiger partial charge in [0, 0.05) is 29.1 Å². The van der Waals surface area contributed by atoms with E-state index in [9.17, 15) is 18.3 Å². The third kappa shape index (κ3) is 6.24. The van der Waals surface area contributed by atoms with E-state index < -0.39 is 22.0 Å². The Morgan fingerprint density at radius 3 is 2.84 bits per heavy atom. The number of rotatable bonds is 9. The molecule has 43 heavy (non-hydrogen) atoms. The predicted molar refractivity (Wildman–Crippen MR) is 170 cm³/mol. The van der Waals surface area contributed by atoms with E-state index in [2.05, 4.69) is 28.3 Å². The minimum absolute atomic E-state index is 0.0446. The van der Waals surface area contributed by atoms with Crippen molar-refractivity contribution in [2.45, 2.75) is 57.0 Å². The number of benzene rings is 2. The summed E-state index contributed by atoms with van der Waals surface area (Å²) in [6.45, 7) is 7.58. The third-order valence-corrected chi connectivity index (χ3v) is 11.6. The summed E-state index contributed by atoms with van der Waals surface area (Å²) in [5.41, 5.74) is 3.27. The van der Waals surface area contributed by atoms with Crippen LogP contribution in [0.4, 0.5) is 5.69 Å². The van der Waals surface area contributed by atoms with Gasteiger partial charge in [-0.2, -0.15) is 0 Å². The van der Waals surface area contributed by atoms with E-state index in [1.54, 1.807) is 24.3 Å². The number of aliphatic hydroxyl groups excluding tert-OH is 1. The van der Waals surface area contributed by atoms with Crippen LogP contribution in [0.2, 0.25) is 5.02 Å². The lowest BCUT2D eigenvalue weighted by atomic mass is 9.68. The van der Waals surface area contributed by atoms with E-state index in [1.807, 2.05) is 25.1 Å².